The van der Waals surface area contributed by atoms with Crippen molar-refractivity contribution in [1.29, 1.82) is 0 Å². The number of pyridine rings is 1. The molecular formula is C25H29N3O3S. The summed E-state index contributed by atoms with van der Waals surface area (Å²) in [6.45, 7) is 7.14. The topological polar surface area (TPSA) is 70.6 Å². The van der Waals surface area contributed by atoms with Gasteiger partial charge in [-0.25, -0.2) is 8.42 Å². The van der Waals surface area contributed by atoms with E-state index in [4.69, 9.17) is 0 Å². The van der Waals surface area contributed by atoms with Crippen LogP contribution in [0.2, 0.25) is 0 Å². The van der Waals surface area contributed by atoms with Crippen LogP contribution in [0.25, 0.3) is 0 Å². The van der Waals surface area contributed by atoms with E-state index in [1.807, 2.05) is 43.3 Å². The Balaban J connectivity index is 1.96. The standard InChI is InChI=1S/C25H29N3O3S/c1-4-28(5-2)32(30,31)24-14-8-13-22(16-24)25(29)27(18-21-11-9-15-26-17-21)19-23-12-7-6-10-20(23)3/h6-17H,4-5,18-19H2,1-3H3. The normalized spacial score (nSPS) is 11.5. The first-order chi connectivity index (χ1) is 15.4. The van der Waals surface area contributed by atoms with Gasteiger partial charge in [-0.3, -0.25) is 9.78 Å². The zero-order valence-electron chi connectivity index (χ0n) is 18.7. The molecule has 0 fully saturated rings. The molecule has 0 saturated heterocycles. The van der Waals surface area contributed by atoms with Crippen LogP contribution in [-0.4, -0.2) is 41.6 Å². The fraction of sp³-hybridized carbons (Fsp3) is 0.280. The third kappa shape index (κ3) is 5.41. The van der Waals surface area contributed by atoms with Crippen LogP contribution in [0, 0.1) is 6.92 Å². The smallest absolute Gasteiger partial charge is 0.254 e. The molecule has 0 saturated carbocycles. The van der Waals surface area contributed by atoms with Gasteiger partial charge in [0, 0.05) is 44.1 Å². The first-order valence-electron chi connectivity index (χ1n) is 10.7. The van der Waals surface area contributed by atoms with E-state index in [2.05, 4.69) is 4.98 Å². The van der Waals surface area contributed by atoms with Gasteiger partial charge in [0.1, 0.15) is 0 Å². The Morgan fingerprint density at radius 1 is 0.938 bits per heavy atom. The van der Waals surface area contributed by atoms with Gasteiger partial charge >= 0.3 is 0 Å². The molecule has 0 aliphatic heterocycles. The van der Waals surface area contributed by atoms with Crippen molar-refractivity contribution in [3.8, 4) is 0 Å². The number of amides is 1. The van der Waals surface area contributed by atoms with E-state index in [-0.39, 0.29) is 10.8 Å². The number of sulfonamides is 1. The molecule has 1 aromatic heterocycles. The molecule has 0 N–H and O–H groups in total. The molecule has 0 unspecified atom stereocenters. The Morgan fingerprint density at radius 2 is 1.69 bits per heavy atom. The van der Waals surface area contributed by atoms with Crippen molar-refractivity contribution in [1.82, 2.24) is 14.2 Å². The fourth-order valence-electron chi connectivity index (χ4n) is 3.59. The lowest BCUT2D eigenvalue weighted by Gasteiger charge is -2.24. The lowest BCUT2D eigenvalue weighted by atomic mass is 10.1. The van der Waals surface area contributed by atoms with Gasteiger partial charge in [0.15, 0.2) is 0 Å². The van der Waals surface area contributed by atoms with E-state index < -0.39 is 10.0 Å². The monoisotopic (exact) mass is 451 g/mol. The number of benzene rings is 2. The van der Waals surface area contributed by atoms with Gasteiger partial charge in [-0.15, -0.1) is 0 Å². The first-order valence-corrected chi connectivity index (χ1v) is 12.1. The zero-order valence-corrected chi connectivity index (χ0v) is 19.5. The SMILES string of the molecule is CCN(CC)S(=O)(=O)c1cccc(C(=O)N(Cc2cccnc2)Cc2ccccc2C)c1. The van der Waals surface area contributed by atoms with Crippen LogP contribution in [0.4, 0.5) is 0 Å². The third-order valence-corrected chi connectivity index (χ3v) is 7.48. The third-order valence-electron chi connectivity index (χ3n) is 5.43. The number of aromatic nitrogens is 1. The highest BCUT2D eigenvalue weighted by molar-refractivity contribution is 7.89. The van der Waals surface area contributed by atoms with Crippen LogP contribution < -0.4 is 0 Å². The fourth-order valence-corrected chi connectivity index (χ4v) is 5.09. The molecular weight excluding hydrogens is 422 g/mol. The van der Waals surface area contributed by atoms with Crippen molar-refractivity contribution in [2.24, 2.45) is 0 Å². The van der Waals surface area contributed by atoms with Crippen molar-refractivity contribution in [2.75, 3.05) is 13.1 Å². The second kappa shape index (κ2) is 10.5. The highest BCUT2D eigenvalue weighted by atomic mass is 32.2. The highest BCUT2D eigenvalue weighted by Crippen LogP contribution is 2.20. The highest BCUT2D eigenvalue weighted by Gasteiger charge is 2.24. The average Bonchev–Trinajstić information content (AvgIpc) is 2.81. The molecule has 32 heavy (non-hydrogen) atoms. The Bertz CT molecular complexity index is 1160. The lowest BCUT2D eigenvalue weighted by Crippen LogP contribution is -2.32. The van der Waals surface area contributed by atoms with E-state index in [0.29, 0.717) is 31.7 Å². The second-order valence-corrected chi connectivity index (χ2v) is 9.50. The molecule has 3 aromatic rings. The Morgan fingerprint density at radius 3 is 2.34 bits per heavy atom. The summed E-state index contributed by atoms with van der Waals surface area (Å²) in [7, 11) is -3.65. The molecule has 0 radical (unpaired) electrons. The maximum absolute atomic E-state index is 13.6. The van der Waals surface area contributed by atoms with Crippen LogP contribution in [0.15, 0.2) is 78.0 Å². The summed E-state index contributed by atoms with van der Waals surface area (Å²) in [6.07, 6.45) is 3.43. The van der Waals surface area contributed by atoms with Crippen molar-refractivity contribution in [2.45, 2.75) is 38.8 Å². The summed E-state index contributed by atoms with van der Waals surface area (Å²) < 4.78 is 27.3. The Kier molecular flexibility index (Phi) is 7.77. The lowest BCUT2D eigenvalue weighted by molar-refractivity contribution is 0.0729. The molecule has 1 amide bonds. The molecule has 168 valence electrons. The van der Waals surface area contributed by atoms with Crippen LogP contribution in [0.5, 0.6) is 0 Å². The maximum Gasteiger partial charge on any atom is 0.254 e. The number of carbonyl (C=O) groups is 1. The summed E-state index contributed by atoms with van der Waals surface area (Å²) in [4.78, 5) is 19.6. The minimum Gasteiger partial charge on any atom is -0.330 e. The van der Waals surface area contributed by atoms with Crippen LogP contribution in [0.3, 0.4) is 0 Å². The van der Waals surface area contributed by atoms with Crippen molar-refractivity contribution < 1.29 is 13.2 Å². The van der Waals surface area contributed by atoms with Crippen molar-refractivity contribution >= 4 is 15.9 Å². The van der Waals surface area contributed by atoms with E-state index in [0.717, 1.165) is 16.7 Å². The number of hydrogen-bond acceptors (Lipinski definition) is 4. The summed E-state index contributed by atoms with van der Waals surface area (Å²) >= 11 is 0. The van der Waals surface area contributed by atoms with E-state index in [1.165, 1.54) is 16.4 Å². The van der Waals surface area contributed by atoms with Gasteiger partial charge in [-0.2, -0.15) is 4.31 Å². The Labute approximate surface area is 190 Å². The zero-order chi connectivity index (χ0) is 23.1. The maximum atomic E-state index is 13.6. The van der Waals surface area contributed by atoms with Gasteiger partial charge in [-0.1, -0.05) is 50.2 Å². The number of nitrogens with zero attached hydrogens (tertiary/aromatic N) is 3. The molecule has 6 nitrogen and oxygen atoms in total. The molecule has 1 heterocycles. The van der Waals surface area contributed by atoms with E-state index in [1.54, 1.807) is 43.3 Å². The predicted molar refractivity (Wildman–Crippen MR) is 126 cm³/mol. The van der Waals surface area contributed by atoms with Gasteiger partial charge in [0.25, 0.3) is 5.91 Å². The average molecular weight is 452 g/mol. The second-order valence-electron chi connectivity index (χ2n) is 7.57. The molecule has 3 rings (SSSR count). The molecule has 0 spiro atoms. The van der Waals surface area contributed by atoms with Crippen LogP contribution >= 0.6 is 0 Å². The van der Waals surface area contributed by atoms with Gasteiger partial charge in [0.2, 0.25) is 10.0 Å². The molecule has 2 aromatic carbocycles. The van der Waals surface area contributed by atoms with Crippen molar-refractivity contribution in [3.63, 3.8) is 0 Å². The summed E-state index contributed by atoms with van der Waals surface area (Å²) in [5.41, 5.74) is 3.38. The van der Waals surface area contributed by atoms with Crippen LogP contribution in [-0.2, 0) is 23.1 Å². The first kappa shape index (κ1) is 23.6. The summed E-state index contributed by atoms with van der Waals surface area (Å²) in [5, 5.41) is 0. The van der Waals surface area contributed by atoms with E-state index in [9.17, 15) is 13.2 Å². The quantitative estimate of drug-likeness (QED) is 0.487. The van der Waals surface area contributed by atoms with Crippen molar-refractivity contribution in [3.05, 3.63) is 95.3 Å². The molecule has 7 heteroatoms. The number of aryl methyl sites for hydroxylation is 1. The Hall–Kier alpha value is -3.03. The summed E-state index contributed by atoms with van der Waals surface area (Å²) in [6, 6.07) is 18.0. The van der Waals surface area contributed by atoms with Gasteiger partial charge in [-0.05, 0) is 47.9 Å². The number of rotatable bonds is 9. The largest absolute Gasteiger partial charge is 0.330 e. The van der Waals surface area contributed by atoms with Gasteiger partial charge < -0.3 is 4.90 Å². The summed E-state index contributed by atoms with van der Waals surface area (Å²) in [5.74, 6) is -0.228. The minimum atomic E-state index is -3.65. The molecule has 0 aliphatic rings. The van der Waals surface area contributed by atoms with Gasteiger partial charge in [0.05, 0.1) is 4.90 Å². The van der Waals surface area contributed by atoms with Crippen LogP contribution in [0.1, 0.15) is 40.9 Å². The number of hydrogen-bond donors (Lipinski definition) is 0. The molecule has 0 atom stereocenters. The molecule has 0 bridgehead atoms. The predicted octanol–water partition coefficient (Wildman–Crippen LogP) is 4.26. The minimum absolute atomic E-state index is 0.129. The molecule has 0 aliphatic carbocycles. The number of carbonyl (C=O) groups excluding carboxylic acids is 1. The van der Waals surface area contributed by atoms with E-state index >= 15 is 0 Å².